The molecular formula is C21H23ClN8O6S. The van der Waals surface area contributed by atoms with Crippen molar-refractivity contribution in [2.45, 2.75) is 25.2 Å². The third-order valence-electron chi connectivity index (χ3n) is 5.29. The van der Waals surface area contributed by atoms with E-state index in [0.29, 0.717) is 16.5 Å². The number of aromatic nitrogens is 7. The Hall–Kier alpha value is -3.82. The van der Waals surface area contributed by atoms with E-state index in [0.717, 1.165) is 0 Å². The van der Waals surface area contributed by atoms with Crippen LogP contribution in [-0.4, -0.2) is 69.7 Å². The standard InChI is InChI=1S/C21H23ClN8O6S/c1-11-6-7-14(36-11)18-27-28-21(30(18)15-19(34-4)25-10-26-20(15)35-5)29-37(31,32)12(2)16(33-3)17-23-8-13(22)9-24-17/h6-10,12,16H,1-5H3,(H,28,29). The molecule has 0 spiro atoms. The number of aryl methyl sites for hydroxylation is 1. The van der Waals surface area contributed by atoms with Gasteiger partial charge in [0.05, 0.1) is 19.2 Å². The van der Waals surface area contributed by atoms with E-state index in [2.05, 4.69) is 34.9 Å². The SMILES string of the molecule is COc1ncnc(OC)c1-n1c(NS(=O)(=O)C(C)C(OC)c2ncc(Cl)cn2)nnc1-c1ccc(C)o1. The number of hydrogen-bond acceptors (Lipinski definition) is 12. The van der Waals surface area contributed by atoms with Gasteiger partial charge in [0.2, 0.25) is 33.6 Å². The van der Waals surface area contributed by atoms with E-state index in [4.69, 9.17) is 30.2 Å². The second-order valence-electron chi connectivity index (χ2n) is 7.60. The monoisotopic (exact) mass is 550 g/mol. The van der Waals surface area contributed by atoms with Crippen molar-refractivity contribution < 1.29 is 27.0 Å². The lowest BCUT2D eigenvalue weighted by Gasteiger charge is -2.22. The average Bonchev–Trinajstić information content (AvgIpc) is 3.50. The predicted molar refractivity (Wildman–Crippen MR) is 131 cm³/mol. The van der Waals surface area contributed by atoms with Gasteiger partial charge in [-0.05, 0) is 26.0 Å². The van der Waals surface area contributed by atoms with Crippen LogP contribution in [0.1, 0.15) is 24.6 Å². The summed E-state index contributed by atoms with van der Waals surface area (Å²) in [6.45, 7) is 3.20. The summed E-state index contributed by atoms with van der Waals surface area (Å²) >= 11 is 5.86. The Balaban J connectivity index is 1.82. The second kappa shape index (κ2) is 10.7. The quantitative estimate of drug-likeness (QED) is 0.306. The van der Waals surface area contributed by atoms with Gasteiger partial charge in [-0.15, -0.1) is 10.2 Å². The van der Waals surface area contributed by atoms with Gasteiger partial charge in [-0.2, -0.15) is 9.97 Å². The highest BCUT2D eigenvalue weighted by molar-refractivity contribution is 7.93. The first kappa shape index (κ1) is 26.2. The molecule has 196 valence electrons. The number of hydrogen-bond donors (Lipinski definition) is 1. The Morgan fingerprint density at radius 3 is 2.22 bits per heavy atom. The normalized spacial score (nSPS) is 13.2. The van der Waals surface area contributed by atoms with Gasteiger partial charge in [-0.1, -0.05) is 11.6 Å². The van der Waals surface area contributed by atoms with Crippen LogP contribution in [0.25, 0.3) is 17.3 Å². The number of rotatable bonds is 10. The molecule has 0 fully saturated rings. The molecule has 0 amide bonds. The number of halogens is 1. The van der Waals surface area contributed by atoms with E-state index in [-0.39, 0.29) is 35.0 Å². The van der Waals surface area contributed by atoms with Gasteiger partial charge < -0.3 is 18.6 Å². The molecule has 2 unspecified atom stereocenters. The van der Waals surface area contributed by atoms with Crippen LogP contribution < -0.4 is 14.2 Å². The molecule has 0 saturated carbocycles. The van der Waals surface area contributed by atoms with Gasteiger partial charge in [-0.3, -0.25) is 4.72 Å². The molecule has 14 nitrogen and oxygen atoms in total. The third kappa shape index (κ3) is 5.19. The first-order valence-corrected chi connectivity index (χ1v) is 12.6. The summed E-state index contributed by atoms with van der Waals surface area (Å²) in [5, 5.41) is 7.36. The number of sulfonamides is 1. The van der Waals surface area contributed by atoms with Gasteiger partial charge in [0.25, 0.3) is 0 Å². The number of nitrogens with one attached hydrogen (secondary N) is 1. The molecule has 4 aromatic rings. The molecule has 4 aromatic heterocycles. The number of furan rings is 1. The van der Waals surface area contributed by atoms with Crippen LogP contribution in [-0.2, 0) is 14.8 Å². The lowest BCUT2D eigenvalue weighted by Crippen LogP contribution is -2.33. The van der Waals surface area contributed by atoms with E-state index >= 15 is 0 Å². The van der Waals surface area contributed by atoms with Crippen LogP contribution in [0.3, 0.4) is 0 Å². The highest BCUT2D eigenvalue weighted by atomic mass is 35.5. The summed E-state index contributed by atoms with van der Waals surface area (Å²) in [5.41, 5.74) is 0.149. The van der Waals surface area contributed by atoms with E-state index in [1.54, 1.807) is 19.1 Å². The molecule has 0 aliphatic carbocycles. The first-order valence-electron chi connectivity index (χ1n) is 10.7. The molecule has 37 heavy (non-hydrogen) atoms. The van der Waals surface area contributed by atoms with Crippen LogP contribution in [0.5, 0.6) is 11.8 Å². The summed E-state index contributed by atoms with van der Waals surface area (Å²) in [7, 11) is -0.0351. The minimum Gasteiger partial charge on any atom is -0.479 e. The van der Waals surface area contributed by atoms with Crippen molar-refractivity contribution in [1.29, 1.82) is 0 Å². The molecule has 4 heterocycles. The molecule has 0 aliphatic rings. The number of ether oxygens (including phenoxy) is 3. The van der Waals surface area contributed by atoms with Crippen molar-refractivity contribution in [3.8, 4) is 29.0 Å². The zero-order valence-corrected chi connectivity index (χ0v) is 22.0. The van der Waals surface area contributed by atoms with Gasteiger partial charge in [0, 0.05) is 19.5 Å². The number of anilines is 1. The minimum atomic E-state index is -4.18. The molecule has 0 radical (unpaired) electrons. The summed E-state index contributed by atoms with van der Waals surface area (Å²) in [6, 6.07) is 3.39. The van der Waals surface area contributed by atoms with Crippen LogP contribution in [0.2, 0.25) is 5.02 Å². The second-order valence-corrected chi connectivity index (χ2v) is 10.1. The smallest absolute Gasteiger partial charge is 0.245 e. The largest absolute Gasteiger partial charge is 0.479 e. The van der Waals surface area contributed by atoms with Crippen molar-refractivity contribution in [2.75, 3.05) is 26.1 Å². The fraction of sp³-hybridized carbons (Fsp3) is 0.333. The van der Waals surface area contributed by atoms with Crippen LogP contribution in [0, 0.1) is 6.92 Å². The summed E-state index contributed by atoms with van der Waals surface area (Å²) in [5.74, 6) is 1.15. The Labute approximate surface area is 217 Å². The van der Waals surface area contributed by atoms with Gasteiger partial charge in [0.15, 0.2) is 17.3 Å². The molecule has 16 heteroatoms. The fourth-order valence-corrected chi connectivity index (χ4v) is 4.70. The zero-order valence-electron chi connectivity index (χ0n) is 20.4. The Morgan fingerprint density at radius 1 is 1.03 bits per heavy atom. The maximum absolute atomic E-state index is 13.5. The van der Waals surface area contributed by atoms with E-state index < -0.39 is 21.4 Å². The summed E-state index contributed by atoms with van der Waals surface area (Å²) in [4.78, 5) is 16.4. The molecule has 0 aliphatic heterocycles. The number of methoxy groups -OCH3 is 3. The van der Waals surface area contributed by atoms with Crippen molar-refractivity contribution in [1.82, 2.24) is 34.7 Å². The predicted octanol–water partition coefficient (Wildman–Crippen LogP) is 2.60. The van der Waals surface area contributed by atoms with E-state index in [9.17, 15) is 8.42 Å². The maximum atomic E-state index is 13.5. The summed E-state index contributed by atoms with van der Waals surface area (Å²) in [6.07, 6.45) is 2.92. The summed E-state index contributed by atoms with van der Waals surface area (Å²) < 4.78 is 52.8. The molecule has 1 N–H and O–H groups in total. The number of nitrogens with zero attached hydrogens (tertiary/aromatic N) is 7. The van der Waals surface area contributed by atoms with Crippen LogP contribution in [0.4, 0.5) is 5.95 Å². The topological polar surface area (TPSA) is 169 Å². The average molecular weight is 551 g/mol. The molecular weight excluding hydrogens is 528 g/mol. The lowest BCUT2D eigenvalue weighted by atomic mass is 10.2. The van der Waals surface area contributed by atoms with Crippen molar-refractivity contribution in [3.63, 3.8) is 0 Å². The van der Waals surface area contributed by atoms with Crippen molar-refractivity contribution in [3.05, 3.63) is 47.5 Å². The fourth-order valence-electron chi connectivity index (χ4n) is 3.47. The van der Waals surface area contributed by atoms with E-state index in [1.165, 1.54) is 51.5 Å². The zero-order chi connectivity index (χ0) is 26.7. The minimum absolute atomic E-state index is 0.0778. The molecule has 0 aromatic carbocycles. The highest BCUT2D eigenvalue weighted by Gasteiger charge is 2.35. The Kier molecular flexibility index (Phi) is 7.56. The Morgan fingerprint density at radius 2 is 1.68 bits per heavy atom. The molecule has 0 saturated heterocycles. The van der Waals surface area contributed by atoms with E-state index in [1.807, 2.05) is 0 Å². The highest BCUT2D eigenvalue weighted by Crippen LogP contribution is 2.36. The third-order valence-corrected chi connectivity index (χ3v) is 7.18. The lowest BCUT2D eigenvalue weighted by molar-refractivity contribution is 0.0950. The molecule has 0 bridgehead atoms. The van der Waals surface area contributed by atoms with Gasteiger partial charge in [-0.25, -0.2) is 23.0 Å². The van der Waals surface area contributed by atoms with Crippen molar-refractivity contribution >= 4 is 27.6 Å². The first-order chi connectivity index (χ1) is 17.7. The maximum Gasteiger partial charge on any atom is 0.245 e. The van der Waals surface area contributed by atoms with Gasteiger partial charge in [0.1, 0.15) is 23.4 Å². The van der Waals surface area contributed by atoms with Crippen LogP contribution in [0.15, 0.2) is 35.3 Å². The van der Waals surface area contributed by atoms with Crippen molar-refractivity contribution in [2.24, 2.45) is 0 Å². The Bertz CT molecular complexity index is 1470. The van der Waals surface area contributed by atoms with Gasteiger partial charge >= 0.3 is 0 Å². The molecule has 2 atom stereocenters. The molecule has 4 rings (SSSR count). The van der Waals surface area contributed by atoms with Crippen LogP contribution >= 0.6 is 11.6 Å².